The predicted molar refractivity (Wildman–Crippen MR) is 203 cm³/mol. The molecule has 4 aromatic rings. The molecule has 262 valence electrons. The molecule has 4 atom stereocenters. The molecule has 1 saturated carbocycles. The molecule has 4 aromatic carbocycles. The van der Waals surface area contributed by atoms with E-state index in [4.69, 9.17) is 4.74 Å². The van der Waals surface area contributed by atoms with Gasteiger partial charge in [-0.2, -0.15) is 0 Å². The number of ether oxygens (including phenoxy) is 1. The molecule has 0 heterocycles. The van der Waals surface area contributed by atoms with E-state index in [9.17, 15) is 19.5 Å². The monoisotopic (exact) mass is 738 g/mol. The highest BCUT2D eigenvalue weighted by Gasteiger charge is 2.56. The zero-order valence-corrected chi connectivity index (χ0v) is 31.7. The topological polar surface area (TPSA) is 105 Å². The minimum absolute atomic E-state index is 0.00186. The van der Waals surface area contributed by atoms with Gasteiger partial charge in [-0.05, 0) is 104 Å². The van der Waals surface area contributed by atoms with Gasteiger partial charge >= 0.3 is 0 Å². The van der Waals surface area contributed by atoms with Crippen molar-refractivity contribution in [3.8, 4) is 5.75 Å². The fourth-order valence-electron chi connectivity index (χ4n) is 6.83. The number of nitrogens with one attached hydrogen (secondary N) is 2. The zero-order valence-electron chi connectivity index (χ0n) is 30.1. The second kappa shape index (κ2) is 14.5. The third-order valence-corrected chi connectivity index (χ3v) is 10.6. The van der Waals surface area contributed by atoms with E-state index in [1.165, 1.54) is 12.5 Å². The lowest BCUT2D eigenvalue weighted by Crippen LogP contribution is -2.56. The highest BCUT2D eigenvalue weighted by molar-refractivity contribution is 9.10. The van der Waals surface area contributed by atoms with Gasteiger partial charge in [0.25, 0.3) is 0 Å². The number of hydrogen-bond donors (Lipinski definition) is 3. The summed E-state index contributed by atoms with van der Waals surface area (Å²) in [7, 11) is 0. The largest absolute Gasteiger partial charge is 0.489 e. The summed E-state index contributed by atoms with van der Waals surface area (Å²) in [5.41, 5.74) is 5.76. The van der Waals surface area contributed by atoms with Crippen LogP contribution in [0.5, 0.6) is 5.75 Å². The van der Waals surface area contributed by atoms with Crippen molar-refractivity contribution < 1.29 is 24.2 Å². The molecule has 0 spiro atoms. The standard InChI is InChI=1S/C42H47BrN2O5/c1-24-11-9-13-32(26(24)3)44-39(47)37-34(46)22-42(8,49)38(40(48)45-33-14-10-12-25(2)27(33)4)36(37)31-21-30(43)19-20-35(31)50-23-28-15-17-29(18-16-28)41(5,6)7/h9-21,36-38,49H,22-23H2,1-8H3,(H,44,47)(H,45,48). The summed E-state index contributed by atoms with van der Waals surface area (Å²) in [6, 6.07) is 24.8. The van der Waals surface area contributed by atoms with E-state index >= 15 is 0 Å². The molecule has 0 bridgehead atoms. The normalized spacial score (nSPS) is 20.7. The maximum absolute atomic E-state index is 14.5. The van der Waals surface area contributed by atoms with Crippen molar-refractivity contribution in [1.29, 1.82) is 0 Å². The molecule has 3 N–H and O–H groups in total. The Morgan fingerprint density at radius 1 is 0.860 bits per heavy atom. The van der Waals surface area contributed by atoms with Crippen LogP contribution in [-0.2, 0) is 26.4 Å². The number of carbonyl (C=O) groups is 3. The Bertz CT molecular complexity index is 1930. The summed E-state index contributed by atoms with van der Waals surface area (Å²) in [5, 5.41) is 18.0. The molecule has 0 aliphatic heterocycles. The number of amides is 2. The van der Waals surface area contributed by atoms with Crippen LogP contribution in [0.1, 0.15) is 79.0 Å². The highest BCUT2D eigenvalue weighted by Crippen LogP contribution is 2.49. The first-order valence-corrected chi connectivity index (χ1v) is 17.8. The Morgan fingerprint density at radius 2 is 1.42 bits per heavy atom. The number of aliphatic hydroxyl groups is 1. The number of ketones is 1. The lowest BCUT2D eigenvalue weighted by atomic mass is 9.61. The van der Waals surface area contributed by atoms with Crippen LogP contribution in [-0.4, -0.2) is 28.3 Å². The Kier molecular flexibility index (Phi) is 10.8. The van der Waals surface area contributed by atoms with Gasteiger partial charge < -0.3 is 20.5 Å². The summed E-state index contributed by atoms with van der Waals surface area (Å²) in [6.07, 6.45) is -0.371. The van der Waals surface area contributed by atoms with Gasteiger partial charge in [0.15, 0.2) is 0 Å². The number of carbonyl (C=O) groups excluding carboxylic acids is 3. The van der Waals surface area contributed by atoms with Crippen molar-refractivity contribution in [2.75, 3.05) is 10.6 Å². The van der Waals surface area contributed by atoms with Gasteiger partial charge in [0.05, 0.1) is 11.5 Å². The van der Waals surface area contributed by atoms with Gasteiger partial charge in [-0.1, -0.05) is 85.2 Å². The SMILES string of the molecule is Cc1cccc(NC(=O)C2C(=O)CC(C)(O)C(C(=O)Nc3cccc(C)c3C)C2c2cc(Br)ccc2OCc2ccc(C(C)(C)C)cc2)c1C. The minimum Gasteiger partial charge on any atom is -0.489 e. The van der Waals surface area contributed by atoms with Gasteiger partial charge in [0.2, 0.25) is 11.8 Å². The number of benzene rings is 4. The van der Waals surface area contributed by atoms with E-state index in [0.29, 0.717) is 27.2 Å². The van der Waals surface area contributed by atoms with Crippen LogP contribution in [0.25, 0.3) is 0 Å². The van der Waals surface area contributed by atoms with E-state index in [-0.39, 0.29) is 18.4 Å². The molecule has 50 heavy (non-hydrogen) atoms. The third-order valence-electron chi connectivity index (χ3n) is 10.1. The van der Waals surface area contributed by atoms with Crippen molar-refractivity contribution in [1.82, 2.24) is 0 Å². The average Bonchev–Trinajstić information content (AvgIpc) is 3.03. The first-order valence-electron chi connectivity index (χ1n) is 17.0. The lowest BCUT2D eigenvalue weighted by Gasteiger charge is -2.45. The van der Waals surface area contributed by atoms with Crippen molar-refractivity contribution >= 4 is 44.9 Å². The second-order valence-electron chi connectivity index (χ2n) is 14.9. The van der Waals surface area contributed by atoms with E-state index < -0.39 is 41.0 Å². The smallest absolute Gasteiger partial charge is 0.235 e. The summed E-state index contributed by atoms with van der Waals surface area (Å²) in [5.74, 6) is -4.64. The van der Waals surface area contributed by atoms with Crippen LogP contribution in [0.15, 0.2) is 83.3 Å². The highest BCUT2D eigenvalue weighted by atomic mass is 79.9. The Hall–Kier alpha value is -4.27. The van der Waals surface area contributed by atoms with Crippen LogP contribution in [0.4, 0.5) is 11.4 Å². The van der Waals surface area contributed by atoms with Crippen LogP contribution in [0, 0.1) is 39.5 Å². The fourth-order valence-corrected chi connectivity index (χ4v) is 7.21. The predicted octanol–water partition coefficient (Wildman–Crippen LogP) is 8.88. The van der Waals surface area contributed by atoms with Crippen LogP contribution in [0.2, 0.25) is 0 Å². The average molecular weight is 740 g/mol. The maximum Gasteiger partial charge on any atom is 0.235 e. The fraction of sp³-hybridized carbons (Fsp3) is 0.357. The third kappa shape index (κ3) is 7.87. The van der Waals surface area contributed by atoms with E-state index in [1.54, 1.807) is 24.3 Å². The Labute approximate surface area is 304 Å². The molecular formula is C42H47BrN2O5. The quantitative estimate of drug-likeness (QED) is 0.157. The van der Waals surface area contributed by atoms with Crippen molar-refractivity contribution in [3.05, 3.63) is 122 Å². The zero-order chi connectivity index (χ0) is 36.5. The maximum atomic E-state index is 14.5. The molecule has 4 unspecified atom stereocenters. The minimum atomic E-state index is -1.78. The Balaban J connectivity index is 1.61. The number of Topliss-reactive ketones (excluding diaryl/α,β-unsaturated/α-hetero) is 1. The number of hydrogen-bond acceptors (Lipinski definition) is 5. The molecule has 0 saturated heterocycles. The summed E-state index contributed by atoms with van der Waals surface area (Å²) in [4.78, 5) is 42.9. The van der Waals surface area contributed by atoms with Crippen LogP contribution < -0.4 is 15.4 Å². The number of halogens is 1. The van der Waals surface area contributed by atoms with Gasteiger partial charge in [-0.15, -0.1) is 0 Å². The van der Waals surface area contributed by atoms with Crippen molar-refractivity contribution in [2.45, 2.75) is 85.4 Å². The molecule has 2 amide bonds. The molecule has 0 aromatic heterocycles. The molecule has 1 aliphatic rings. The van der Waals surface area contributed by atoms with Gasteiger partial charge in [0.1, 0.15) is 24.1 Å². The van der Waals surface area contributed by atoms with Gasteiger partial charge in [-0.25, -0.2) is 0 Å². The first-order chi connectivity index (χ1) is 23.5. The van der Waals surface area contributed by atoms with E-state index in [2.05, 4.69) is 59.5 Å². The number of anilines is 2. The molecular weight excluding hydrogens is 692 g/mol. The Morgan fingerprint density at radius 3 is 1.98 bits per heavy atom. The van der Waals surface area contributed by atoms with Crippen molar-refractivity contribution in [2.24, 2.45) is 11.8 Å². The molecule has 5 rings (SSSR count). The van der Waals surface area contributed by atoms with E-state index in [0.717, 1.165) is 27.8 Å². The molecule has 1 aliphatic carbocycles. The lowest BCUT2D eigenvalue weighted by molar-refractivity contribution is -0.150. The van der Waals surface area contributed by atoms with Crippen LogP contribution >= 0.6 is 15.9 Å². The van der Waals surface area contributed by atoms with Crippen molar-refractivity contribution in [3.63, 3.8) is 0 Å². The number of rotatable bonds is 8. The summed E-state index contributed by atoms with van der Waals surface area (Å²) < 4.78 is 7.12. The first kappa shape index (κ1) is 37.0. The summed E-state index contributed by atoms with van der Waals surface area (Å²) in [6.45, 7) is 15.9. The molecule has 0 radical (unpaired) electrons. The van der Waals surface area contributed by atoms with Gasteiger partial charge in [-0.3, -0.25) is 14.4 Å². The van der Waals surface area contributed by atoms with Crippen LogP contribution in [0.3, 0.4) is 0 Å². The summed E-state index contributed by atoms with van der Waals surface area (Å²) >= 11 is 3.58. The van der Waals surface area contributed by atoms with E-state index in [1.807, 2.05) is 70.2 Å². The number of aryl methyl sites for hydroxylation is 2. The molecule has 8 heteroatoms. The van der Waals surface area contributed by atoms with Gasteiger partial charge in [0, 0.05) is 33.7 Å². The molecule has 7 nitrogen and oxygen atoms in total. The molecule has 1 fully saturated rings. The second-order valence-corrected chi connectivity index (χ2v) is 15.8.